The average molecular weight is 319 g/mol. The summed E-state index contributed by atoms with van der Waals surface area (Å²) in [6, 6.07) is 0. The van der Waals surface area contributed by atoms with E-state index >= 15 is 0 Å². The second kappa shape index (κ2) is 5.57. The number of hydrogen-bond donors (Lipinski definition) is 2. The molecule has 2 heterocycles. The van der Waals surface area contributed by atoms with E-state index in [0.717, 1.165) is 4.90 Å². The van der Waals surface area contributed by atoms with Gasteiger partial charge in [0.05, 0.1) is 11.7 Å². The number of nitrogens with zero attached hydrogens (tertiary/aromatic N) is 1. The molecule has 3 atom stereocenters. The summed E-state index contributed by atoms with van der Waals surface area (Å²) in [7, 11) is -1.42. The van der Waals surface area contributed by atoms with Crippen molar-refractivity contribution in [2.45, 2.75) is 12.3 Å². The summed E-state index contributed by atoms with van der Waals surface area (Å²) in [6.45, 7) is 0.917. The van der Waals surface area contributed by atoms with Gasteiger partial charge in [-0.15, -0.1) is 0 Å². The Labute approximate surface area is 122 Å². The van der Waals surface area contributed by atoms with Crippen LogP contribution in [0.1, 0.15) is 6.92 Å². The van der Waals surface area contributed by atoms with Crippen LogP contribution in [0.4, 0.5) is 0 Å². The lowest BCUT2D eigenvalue weighted by Crippen LogP contribution is -2.66. The summed E-state index contributed by atoms with van der Waals surface area (Å²) in [5.74, 6) is -2.59. The summed E-state index contributed by atoms with van der Waals surface area (Å²) in [6.07, 6.45) is 0. The van der Waals surface area contributed by atoms with E-state index in [4.69, 9.17) is 4.74 Å². The molecular formula is C11H13NO6S2. The van der Waals surface area contributed by atoms with Crippen LogP contribution in [0, 0.1) is 5.92 Å². The monoisotopic (exact) mass is 319 g/mol. The molecule has 2 aliphatic heterocycles. The number of ether oxygens (including phenoxy) is 1. The van der Waals surface area contributed by atoms with E-state index in [9.17, 15) is 23.7 Å². The van der Waals surface area contributed by atoms with Gasteiger partial charge in [-0.1, -0.05) is 0 Å². The van der Waals surface area contributed by atoms with Gasteiger partial charge in [-0.25, -0.2) is 4.79 Å². The van der Waals surface area contributed by atoms with Crippen LogP contribution in [-0.4, -0.2) is 55.5 Å². The molecule has 0 radical (unpaired) electrons. The van der Waals surface area contributed by atoms with Crippen molar-refractivity contribution < 1.29 is 28.4 Å². The van der Waals surface area contributed by atoms with E-state index < -0.39 is 39.9 Å². The topological polar surface area (TPSA) is 101 Å². The van der Waals surface area contributed by atoms with Crippen molar-refractivity contribution >= 4 is 41.3 Å². The minimum absolute atomic E-state index is 0.0202. The third-order valence-electron chi connectivity index (χ3n) is 3.16. The molecular weight excluding hydrogens is 306 g/mol. The molecule has 0 spiro atoms. The molecule has 7 nitrogen and oxygen atoms in total. The van der Waals surface area contributed by atoms with Crippen LogP contribution in [0.3, 0.4) is 0 Å². The van der Waals surface area contributed by atoms with Gasteiger partial charge in [0.2, 0.25) is 5.91 Å². The van der Waals surface area contributed by atoms with Crippen molar-refractivity contribution in [2.75, 3.05) is 18.1 Å². The van der Waals surface area contributed by atoms with E-state index in [2.05, 4.69) is 12.6 Å². The van der Waals surface area contributed by atoms with Crippen LogP contribution in [-0.2, 0) is 29.9 Å². The average Bonchev–Trinajstić information content (AvgIpc) is 2.36. The second-order valence-electron chi connectivity index (χ2n) is 4.45. The lowest BCUT2D eigenvalue weighted by Gasteiger charge is -2.48. The molecule has 0 aliphatic carbocycles. The highest BCUT2D eigenvalue weighted by atomic mass is 32.2. The molecule has 0 aromatic heterocycles. The van der Waals surface area contributed by atoms with Gasteiger partial charge in [0.15, 0.2) is 0 Å². The number of hydrogen-bond acceptors (Lipinski definition) is 6. The zero-order valence-corrected chi connectivity index (χ0v) is 12.3. The van der Waals surface area contributed by atoms with Crippen molar-refractivity contribution in [3.8, 4) is 0 Å². The van der Waals surface area contributed by atoms with Gasteiger partial charge >= 0.3 is 11.9 Å². The fraction of sp³-hybridized carbons (Fsp3) is 0.545. The van der Waals surface area contributed by atoms with Crippen molar-refractivity contribution in [2.24, 2.45) is 5.92 Å². The van der Waals surface area contributed by atoms with Crippen molar-refractivity contribution in [1.82, 2.24) is 4.90 Å². The summed E-state index contributed by atoms with van der Waals surface area (Å²) in [5, 5.41) is 8.60. The van der Waals surface area contributed by atoms with Crippen LogP contribution in [0.2, 0.25) is 0 Å². The molecule has 20 heavy (non-hydrogen) atoms. The number of carboxylic acid groups (broad SMARTS) is 1. The Hall–Kier alpha value is -1.35. The normalized spacial score (nSPS) is 28.8. The Morgan fingerprint density at radius 2 is 2.20 bits per heavy atom. The number of fused-ring (bicyclic) bond motifs is 1. The molecule has 0 bridgehead atoms. The third-order valence-corrected chi connectivity index (χ3v) is 5.27. The summed E-state index contributed by atoms with van der Waals surface area (Å²) >= 11 is 4.02. The maximum absolute atomic E-state index is 12.1. The van der Waals surface area contributed by atoms with Crippen molar-refractivity contribution in [3.63, 3.8) is 0 Å². The number of thiol groups is 1. The zero-order valence-electron chi connectivity index (χ0n) is 10.6. The van der Waals surface area contributed by atoms with Gasteiger partial charge in [-0.3, -0.25) is 18.7 Å². The molecule has 0 aromatic carbocycles. The Balaban J connectivity index is 2.35. The van der Waals surface area contributed by atoms with Crippen LogP contribution >= 0.6 is 12.6 Å². The number of carboxylic acids is 1. The van der Waals surface area contributed by atoms with E-state index in [1.165, 1.54) is 6.92 Å². The molecule has 1 fully saturated rings. The molecule has 1 N–H and O–H groups in total. The first-order valence-corrected chi connectivity index (χ1v) is 7.79. The Morgan fingerprint density at radius 3 is 2.70 bits per heavy atom. The number of β-lactam (4-membered cyclic amide) rings is 1. The van der Waals surface area contributed by atoms with E-state index in [1.807, 2.05) is 0 Å². The standard InChI is InChI=1S/C11H13NO6S2/c1-5(13)18-2-6-4-20(17)10-7(3-19)9(14)12(10)8(6)11(15)16/h7,10,19H,2-4H2,1H3,(H,15,16)/t7-,10+,20+/m0/s1. The van der Waals surface area contributed by atoms with Gasteiger partial charge in [-0.05, 0) is 0 Å². The lowest BCUT2D eigenvalue weighted by atomic mass is 9.97. The molecule has 1 amide bonds. The first kappa shape index (κ1) is 15.0. The van der Waals surface area contributed by atoms with Gasteiger partial charge in [0.25, 0.3) is 0 Å². The molecule has 9 heteroatoms. The van der Waals surface area contributed by atoms with Crippen LogP contribution in [0.5, 0.6) is 0 Å². The summed E-state index contributed by atoms with van der Waals surface area (Å²) in [5.41, 5.74) is -0.0351. The minimum atomic E-state index is -1.42. The maximum atomic E-state index is 12.1. The summed E-state index contributed by atoms with van der Waals surface area (Å²) in [4.78, 5) is 35.1. The lowest BCUT2D eigenvalue weighted by molar-refractivity contribution is -0.151. The number of aliphatic carboxylic acids is 1. The van der Waals surface area contributed by atoms with Crippen LogP contribution in [0.15, 0.2) is 11.3 Å². The molecule has 2 rings (SSSR count). The number of rotatable bonds is 4. The molecule has 110 valence electrons. The largest absolute Gasteiger partial charge is 0.477 e. The third kappa shape index (κ3) is 2.35. The Bertz CT molecular complexity index is 543. The molecule has 0 aromatic rings. The molecule has 0 saturated carbocycles. The quantitative estimate of drug-likeness (QED) is 0.406. The van der Waals surface area contributed by atoms with Crippen LogP contribution in [0.25, 0.3) is 0 Å². The number of carbonyl (C=O) groups excluding carboxylic acids is 2. The molecule has 0 unspecified atom stereocenters. The van der Waals surface area contributed by atoms with E-state index in [0.29, 0.717) is 0 Å². The molecule has 1 saturated heterocycles. The Morgan fingerprint density at radius 1 is 1.55 bits per heavy atom. The fourth-order valence-electron chi connectivity index (χ4n) is 2.28. The predicted molar refractivity (Wildman–Crippen MR) is 72.3 cm³/mol. The van der Waals surface area contributed by atoms with Crippen LogP contribution < -0.4 is 0 Å². The number of esters is 1. The zero-order chi connectivity index (χ0) is 15.0. The van der Waals surface area contributed by atoms with E-state index in [1.54, 1.807) is 0 Å². The predicted octanol–water partition coefficient (Wildman–Crippen LogP) is -0.635. The first-order valence-electron chi connectivity index (χ1n) is 5.78. The highest BCUT2D eigenvalue weighted by molar-refractivity contribution is 7.86. The smallest absolute Gasteiger partial charge is 0.352 e. The highest BCUT2D eigenvalue weighted by Gasteiger charge is 2.55. The van der Waals surface area contributed by atoms with Gasteiger partial charge in [0, 0.05) is 29.0 Å². The van der Waals surface area contributed by atoms with Gasteiger partial charge < -0.3 is 9.84 Å². The fourth-order valence-corrected chi connectivity index (χ4v) is 4.54. The minimum Gasteiger partial charge on any atom is -0.477 e. The maximum Gasteiger partial charge on any atom is 0.352 e. The highest BCUT2D eigenvalue weighted by Crippen LogP contribution is 2.39. The number of amides is 1. The van der Waals surface area contributed by atoms with Crippen molar-refractivity contribution in [3.05, 3.63) is 11.3 Å². The summed E-state index contributed by atoms with van der Waals surface area (Å²) < 4.78 is 16.9. The van der Waals surface area contributed by atoms with Gasteiger partial charge in [0.1, 0.15) is 17.7 Å². The second-order valence-corrected chi connectivity index (χ2v) is 6.35. The number of carbonyl (C=O) groups is 3. The molecule has 2 aliphatic rings. The van der Waals surface area contributed by atoms with E-state index in [-0.39, 0.29) is 29.4 Å². The SMILES string of the molecule is CC(=O)OCC1=C(C(=O)O)N2C(=O)[C@H](CS)[C@H]2[S@](=O)C1. The Kier molecular flexibility index (Phi) is 4.19. The van der Waals surface area contributed by atoms with Crippen molar-refractivity contribution in [1.29, 1.82) is 0 Å². The van der Waals surface area contributed by atoms with Gasteiger partial charge in [-0.2, -0.15) is 12.6 Å². The first-order chi connectivity index (χ1) is 9.38.